The van der Waals surface area contributed by atoms with Crippen LogP contribution in [0.2, 0.25) is 0 Å². The lowest BCUT2D eigenvalue weighted by Crippen LogP contribution is -2.35. The van der Waals surface area contributed by atoms with Crippen molar-refractivity contribution in [3.63, 3.8) is 0 Å². The molecule has 1 fully saturated rings. The molecule has 0 radical (unpaired) electrons. The van der Waals surface area contributed by atoms with Gasteiger partial charge in [0.05, 0.1) is 17.9 Å². The first kappa shape index (κ1) is 26.4. The number of alkyl halides is 3. The third-order valence-electron chi connectivity index (χ3n) is 6.82. The molecule has 37 heavy (non-hydrogen) atoms. The maximum Gasteiger partial charge on any atom is 0.416 e. The van der Waals surface area contributed by atoms with Gasteiger partial charge >= 0.3 is 6.18 Å². The molecule has 0 aliphatic heterocycles. The lowest BCUT2D eigenvalue weighted by atomic mass is 9.96. The number of fused-ring (bicyclic) bond motifs is 1. The zero-order chi connectivity index (χ0) is 27.1. The molecule has 2 amide bonds. The van der Waals surface area contributed by atoms with E-state index in [4.69, 9.17) is 5.73 Å². The van der Waals surface area contributed by atoms with Gasteiger partial charge in [-0.1, -0.05) is 0 Å². The molecule has 0 saturated heterocycles. The SMILES string of the molecule is Cc1c(CN(C=O)C(C)C2CC2)cc(-c2ccn3nc(N)c(C(=O)NC(C)CO)c3n2)cc1C(F)(F)F. The van der Waals surface area contributed by atoms with Gasteiger partial charge in [-0.3, -0.25) is 9.59 Å². The molecule has 1 saturated carbocycles. The number of aromatic nitrogens is 3. The highest BCUT2D eigenvalue weighted by Gasteiger charge is 2.35. The summed E-state index contributed by atoms with van der Waals surface area (Å²) in [7, 11) is 0. The predicted molar refractivity (Wildman–Crippen MR) is 130 cm³/mol. The van der Waals surface area contributed by atoms with E-state index in [1.807, 2.05) is 6.92 Å². The number of rotatable bonds is 9. The second-order valence-electron chi connectivity index (χ2n) is 9.56. The van der Waals surface area contributed by atoms with E-state index in [-0.39, 0.29) is 53.0 Å². The second kappa shape index (κ2) is 10.0. The van der Waals surface area contributed by atoms with Gasteiger partial charge in [0.25, 0.3) is 5.91 Å². The minimum absolute atomic E-state index is 0.0263. The summed E-state index contributed by atoms with van der Waals surface area (Å²) in [5.41, 5.74) is 5.87. The lowest BCUT2D eigenvalue weighted by molar-refractivity contribution is -0.138. The number of aliphatic hydroxyl groups is 1. The Morgan fingerprint density at radius 2 is 2.05 bits per heavy atom. The zero-order valence-electron chi connectivity index (χ0n) is 20.7. The Bertz CT molecular complexity index is 1340. The van der Waals surface area contributed by atoms with Crippen molar-refractivity contribution in [1.29, 1.82) is 0 Å². The Balaban J connectivity index is 1.80. The average molecular weight is 519 g/mol. The van der Waals surface area contributed by atoms with Crippen LogP contribution in [0.4, 0.5) is 19.0 Å². The van der Waals surface area contributed by atoms with Gasteiger partial charge in [0.15, 0.2) is 11.5 Å². The Labute approximate surface area is 211 Å². The summed E-state index contributed by atoms with van der Waals surface area (Å²) in [6, 6.07) is 3.45. The highest BCUT2D eigenvalue weighted by Crippen LogP contribution is 2.38. The standard InChI is InChI=1S/C25H29F3N6O3/c1-13(11-35)30-24(37)21-22(29)32-34-7-6-20(31-23(21)34)17-8-18(14(2)19(9-17)25(26,27)28)10-33(12-36)15(3)16-4-5-16/h6-9,12-13,15-16,35H,4-5,10-11H2,1-3H3,(H2,29,32)(H,30,37). The molecule has 2 aromatic heterocycles. The molecule has 4 N–H and O–H groups in total. The summed E-state index contributed by atoms with van der Waals surface area (Å²) >= 11 is 0. The van der Waals surface area contributed by atoms with Crippen LogP contribution in [-0.2, 0) is 17.5 Å². The summed E-state index contributed by atoms with van der Waals surface area (Å²) in [4.78, 5) is 30.5. The van der Waals surface area contributed by atoms with Crippen LogP contribution in [0.1, 0.15) is 53.7 Å². The van der Waals surface area contributed by atoms with Crippen LogP contribution in [0.15, 0.2) is 24.4 Å². The molecule has 0 bridgehead atoms. The Kier molecular flexibility index (Phi) is 7.13. The fourth-order valence-electron chi connectivity index (χ4n) is 4.37. The van der Waals surface area contributed by atoms with Gasteiger partial charge < -0.3 is 21.1 Å². The van der Waals surface area contributed by atoms with Crippen LogP contribution in [0, 0.1) is 12.8 Å². The number of carbonyl (C=O) groups excluding carboxylic acids is 2. The summed E-state index contributed by atoms with van der Waals surface area (Å²) in [5, 5.41) is 15.9. The molecule has 1 aromatic carbocycles. The summed E-state index contributed by atoms with van der Waals surface area (Å²) in [6.45, 7) is 4.62. The van der Waals surface area contributed by atoms with E-state index in [9.17, 15) is 27.9 Å². The number of anilines is 1. The Hall–Kier alpha value is -3.67. The molecule has 1 aliphatic carbocycles. The van der Waals surface area contributed by atoms with E-state index in [2.05, 4.69) is 15.4 Å². The van der Waals surface area contributed by atoms with Crippen LogP contribution < -0.4 is 11.1 Å². The number of halogens is 3. The van der Waals surface area contributed by atoms with Gasteiger partial charge in [0.2, 0.25) is 6.41 Å². The van der Waals surface area contributed by atoms with E-state index in [0.29, 0.717) is 17.9 Å². The Morgan fingerprint density at radius 3 is 2.65 bits per heavy atom. The number of hydrogen-bond acceptors (Lipinski definition) is 6. The number of aliphatic hydroxyl groups excluding tert-OH is 1. The number of hydrogen-bond donors (Lipinski definition) is 3. The van der Waals surface area contributed by atoms with Crippen molar-refractivity contribution >= 4 is 23.8 Å². The maximum absolute atomic E-state index is 14.0. The van der Waals surface area contributed by atoms with Crippen LogP contribution >= 0.6 is 0 Å². The monoisotopic (exact) mass is 518 g/mol. The summed E-state index contributed by atoms with van der Waals surface area (Å²) in [6.07, 6.45) is -0.507. The van der Waals surface area contributed by atoms with Crippen molar-refractivity contribution in [3.8, 4) is 11.3 Å². The van der Waals surface area contributed by atoms with Crippen molar-refractivity contribution in [2.45, 2.75) is 58.4 Å². The highest BCUT2D eigenvalue weighted by atomic mass is 19.4. The Morgan fingerprint density at radius 1 is 1.35 bits per heavy atom. The van der Waals surface area contributed by atoms with Gasteiger partial charge in [-0.25, -0.2) is 9.50 Å². The first-order valence-electron chi connectivity index (χ1n) is 11.9. The highest BCUT2D eigenvalue weighted by molar-refractivity contribution is 6.04. The molecule has 12 heteroatoms. The van der Waals surface area contributed by atoms with Gasteiger partial charge in [0.1, 0.15) is 5.56 Å². The lowest BCUT2D eigenvalue weighted by Gasteiger charge is -2.27. The van der Waals surface area contributed by atoms with E-state index >= 15 is 0 Å². The molecule has 2 unspecified atom stereocenters. The molecule has 198 valence electrons. The normalized spacial score (nSPS) is 15.4. The molecule has 1 aliphatic rings. The molecular formula is C25H29F3N6O3. The van der Waals surface area contributed by atoms with E-state index in [0.717, 1.165) is 18.9 Å². The number of amides is 2. The first-order valence-corrected chi connectivity index (χ1v) is 11.9. The number of nitrogen functional groups attached to an aromatic ring is 1. The van der Waals surface area contributed by atoms with E-state index in [1.54, 1.807) is 13.0 Å². The number of carbonyl (C=O) groups is 2. The van der Waals surface area contributed by atoms with Crippen molar-refractivity contribution in [1.82, 2.24) is 24.8 Å². The summed E-state index contributed by atoms with van der Waals surface area (Å²) < 4.78 is 43.3. The number of benzene rings is 1. The number of nitrogens with zero attached hydrogens (tertiary/aromatic N) is 4. The minimum atomic E-state index is -4.63. The van der Waals surface area contributed by atoms with Crippen LogP contribution in [0.3, 0.4) is 0 Å². The van der Waals surface area contributed by atoms with Gasteiger partial charge in [-0.15, -0.1) is 5.10 Å². The zero-order valence-corrected chi connectivity index (χ0v) is 20.7. The van der Waals surface area contributed by atoms with Crippen molar-refractivity contribution in [2.24, 2.45) is 5.92 Å². The van der Waals surface area contributed by atoms with E-state index in [1.165, 1.54) is 28.6 Å². The van der Waals surface area contributed by atoms with Gasteiger partial charge in [-0.2, -0.15) is 13.2 Å². The smallest absolute Gasteiger partial charge is 0.394 e. The topological polar surface area (TPSA) is 126 Å². The molecular weight excluding hydrogens is 489 g/mol. The minimum Gasteiger partial charge on any atom is -0.394 e. The molecule has 0 spiro atoms. The van der Waals surface area contributed by atoms with Gasteiger partial charge in [0, 0.05) is 30.4 Å². The molecule has 4 rings (SSSR count). The third-order valence-corrected chi connectivity index (χ3v) is 6.82. The molecule has 2 heterocycles. The molecule has 2 atom stereocenters. The largest absolute Gasteiger partial charge is 0.416 e. The fourth-order valence-corrected chi connectivity index (χ4v) is 4.37. The van der Waals surface area contributed by atoms with Crippen molar-refractivity contribution in [3.05, 3.63) is 46.6 Å². The average Bonchev–Trinajstić information content (AvgIpc) is 3.63. The predicted octanol–water partition coefficient (Wildman–Crippen LogP) is 3.17. The number of nitrogens with one attached hydrogen (secondary N) is 1. The van der Waals surface area contributed by atoms with Gasteiger partial charge in [-0.05, 0) is 68.9 Å². The maximum atomic E-state index is 14.0. The quantitative estimate of drug-likeness (QED) is 0.374. The first-order chi connectivity index (χ1) is 17.4. The third kappa shape index (κ3) is 5.38. The number of nitrogens with two attached hydrogens (primary N) is 1. The fraction of sp³-hybridized carbons (Fsp3) is 0.440. The van der Waals surface area contributed by atoms with Crippen LogP contribution in [0.5, 0.6) is 0 Å². The van der Waals surface area contributed by atoms with Crippen molar-refractivity contribution in [2.75, 3.05) is 12.3 Å². The van der Waals surface area contributed by atoms with Crippen LogP contribution in [-0.4, -0.2) is 55.6 Å². The van der Waals surface area contributed by atoms with Crippen molar-refractivity contribution < 1.29 is 27.9 Å². The van der Waals surface area contributed by atoms with E-state index < -0.39 is 23.7 Å². The second-order valence-corrected chi connectivity index (χ2v) is 9.56. The summed E-state index contributed by atoms with van der Waals surface area (Å²) in [5.74, 6) is -0.371. The molecule has 9 nitrogen and oxygen atoms in total. The van der Waals surface area contributed by atoms with Crippen LogP contribution in [0.25, 0.3) is 16.9 Å². The molecule has 3 aromatic rings.